The summed E-state index contributed by atoms with van der Waals surface area (Å²) in [5.41, 5.74) is 0. The molecule has 0 aromatic rings. The van der Waals surface area contributed by atoms with E-state index in [1.165, 1.54) is 57.8 Å². The first kappa shape index (κ1) is 47.8. The predicted octanol–water partition coefficient (Wildman–Crippen LogP) is 3.91. The van der Waals surface area contributed by atoms with Crippen LogP contribution in [0.15, 0.2) is 12.2 Å². The van der Waals surface area contributed by atoms with Gasteiger partial charge in [0, 0.05) is 6.42 Å². The summed E-state index contributed by atoms with van der Waals surface area (Å²) in [4.78, 5) is 13.0. The van der Waals surface area contributed by atoms with Crippen LogP contribution in [-0.2, 0) is 14.3 Å². The van der Waals surface area contributed by atoms with Crippen molar-refractivity contribution in [2.45, 2.75) is 216 Å². The number of aliphatic hydroxyl groups is 8. The number of allylic oxidation sites excluding steroid dienone is 2. The van der Waals surface area contributed by atoms with Gasteiger partial charge in [-0.25, -0.2) is 0 Å². The Morgan fingerprint density at radius 1 is 0.706 bits per heavy atom. The van der Waals surface area contributed by atoms with Gasteiger partial charge >= 0.3 is 0 Å². The van der Waals surface area contributed by atoms with E-state index in [4.69, 9.17) is 9.47 Å². The molecule has 0 saturated carbocycles. The highest BCUT2D eigenvalue weighted by Crippen LogP contribution is 2.23. The third kappa shape index (κ3) is 21.3. The Labute approximate surface area is 307 Å². The van der Waals surface area contributed by atoms with Crippen molar-refractivity contribution in [3.8, 4) is 0 Å². The van der Waals surface area contributed by atoms with Crippen LogP contribution in [0.5, 0.6) is 0 Å². The second-order valence-corrected chi connectivity index (χ2v) is 14.5. The van der Waals surface area contributed by atoms with Gasteiger partial charge in [0.1, 0.15) is 36.6 Å². The zero-order valence-corrected chi connectivity index (χ0v) is 31.7. The molecule has 1 amide bonds. The number of amides is 1. The van der Waals surface area contributed by atoms with Crippen molar-refractivity contribution in [3.63, 3.8) is 0 Å². The molecule has 0 aliphatic carbocycles. The van der Waals surface area contributed by atoms with Crippen LogP contribution >= 0.6 is 0 Å². The largest absolute Gasteiger partial charge is 0.394 e. The first-order valence-corrected chi connectivity index (χ1v) is 20.2. The highest BCUT2D eigenvalue weighted by molar-refractivity contribution is 5.80. The first-order valence-electron chi connectivity index (χ1n) is 20.2. The number of rotatable bonds is 32. The number of carbonyl (C=O) groups is 1. The normalized spacial score (nSPS) is 24.0. The topological polar surface area (TPSA) is 209 Å². The molecule has 0 aromatic heterocycles. The van der Waals surface area contributed by atoms with E-state index < -0.39 is 80.3 Å². The maximum absolute atomic E-state index is 13.0. The fraction of sp³-hybridized carbons (Fsp3) is 0.923. The molecule has 0 aromatic carbocycles. The van der Waals surface area contributed by atoms with Gasteiger partial charge in [-0.2, -0.15) is 0 Å². The Kier molecular flexibility index (Phi) is 28.3. The summed E-state index contributed by atoms with van der Waals surface area (Å²) >= 11 is 0. The minimum absolute atomic E-state index is 0.165. The third-order valence-electron chi connectivity index (χ3n) is 9.87. The van der Waals surface area contributed by atoms with Gasteiger partial charge in [-0.1, -0.05) is 129 Å². The molecule has 302 valence electrons. The van der Waals surface area contributed by atoms with Crippen LogP contribution < -0.4 is 5.32 Å². The maximum Gasteiger partial charge on any atom is 0.249 e. The zero-order chi connectivity index (χ0) is 37.9. The van der Waals surface area contributed by atoms with Gasteiger partial charge in [-0.15, -0.1) is 0 Å². The zero-order valence-electron chi connectivity index (χ0n) is 31.7. The number of ether oxygens (including phenoxy) is 2. The number of unbranched alkanes of at least 4 members (excludes halogenated alkanes) is 16. The van der Waals surface area contributed by atoms with Crippen molar-refractivity contribution in [1.29, 1.82) is 0 Å². The van der Waals surface area contributed by atoms with Crippen molar-refractivity contribution in [3.05, 3.63) is 12.2 Å². The first-order chi connectivity index (χ1) is 24.6. The van der Waals surface area contributed by atoms with Gasteiger partial charge < -0.3 is 55.6 Å². The lowest BCUT2D eigenvalue weighted by atomic mass is 9.97. The van der Waals surface area contributed by atoms with Gasteiger partial charge in [-0.3, -0.25) is 4.79 Å². The fourth-order valence-electron chi connectivity index (χ4n) is 6.40. The molecule has 10 atom stereocenters. The Hall–Kier alpha value is -1.19. The Bertz CT molecular complexity index is 863. The Morgan fingerprint density at radius 3 is 1.80 bits per heavy atom. The van der Waals surface area contributed by atoms with E-state index in [9.17, 15) is 45.6 Å². The molecule has 1 fully saturated rings. The van der Waals surface area contributed by atoms with Gasteiger partial charge in [0.25, 0.3) is 0 Å². The minimum Gasteiger partial charge on any atom is -0.394 e. The lowest BCUT2D eigenvalue weighted by Gasteiger charge is -2.40. The van der Waals surface area contributed by atoms with Crippen LogP contribution in [0.4, 0.5) is 0 Å². The van der Waals surface area contributed by atoms with E-state index in [0.29, 0.717) is 12.8 Å². The highest BCUT2D eigenvalue weighted by atomic mass is 16.7. The second-order valence-electron chi connectivity index (χ2n) is 14.5. The summed E-state index contributed by atoms with van der Waals surface area (Å²) in [5, 5.41) is 85.7. The van der Waals surface area contributed by atoms with Crippen LogP contribution in [0, 0.1) is 0 Å². The van der Waals surface area contributed by atoms with E-state index in [-0.39, 0.29) is 12.8 Å². The van der Waals surface area contributed by atoms with E-state index in [1.54, 1.807) is 0 Å². The van der Waals surface area contributed by atoms with Crippen LogP contribution in [0.3, 0.4) is 0 Å². The molecule has 0 spiro atoms. The standard InChI is InChI=1S/C39H75NO11/c1-3-5-7-9-11-13-14-15-16-17-19-21-23-25-31(43)38(49)40-30(28-50-39-37(48)36(47)35(46)33(27-41)51-39)34(45)32(44)26-29(42)24-22-20-18-12-10-8-6-4-2/h10,12,29-37,39,41-48H,3-9,11,13-28H2,1-2H3,(H,40,49)/b12-10+. The SMILES string of the molecule is CCCC/C=C/CCCCC(O)CC(O)C(O)C(COC1OC(CO)C(O)C(O)C1O)NC(=O)C(O)CCCCCCCCCCCCCCC. The lowest BCUT2D eigenvalue weighted by Crippen LogP contribution is -2.60. The average molecular weight is 734 g/mol. The molecule has 1 aliphatic heterocycles. The van der Waals surface area contributed by atoms with Crippen molar-refractivity contribution in [2.75, 3.05) is 13.2 Å². The molecular weight excluding hydrogens is 658 g/mol. The molecule has 10 unspecified atom stereocenters. The Morgan fingerprint density at radius 2 is 1.24 bits per heavy atom. The van der Waals surface area contributed by atoms with Gasteiger partial charge in [-0.05, 0) is 32.1 Å². The fourth-order valence-corrected chi connectivity index (χ4v) is 6.40. The smallest absolute Gasteiger partial charge is 0.249 e. The van der Waals surface area contributed by atoms with Crippen molar-refractivity contribution in [2.24, 2.45) is 0 Å². The molecule has 12 nitrogen and oxygen atoms in total. The van der Waals surface area contributed by atoms with Crippen LogP contribution in [-0.4, -0.2) is 121 Å². The van der Waals surface area contributed by atoms with Crippen molar-refractivity contribution >= 4 is 5.91 Å². The van der Waals surface area contributed by atoms with Gasteiger partial charge in [0.15, 0.2) is 6.29 Å². The summed E-state index contributed by atoms with van der Waals surface area (Å²) in [7, 11) is 0. The molecule has 0 radical (unpaired) electrons. The number of aliphatic hydroxyl groups excluding tert-OH is 8. The molecule has 1 rings (SSSR count). The average Bonchev–Trinajstić information content (AvgIpc) is 3.12. The van der Waals surface area contributed by atoms with E-state index in [0.717, 1.165) is 57.8 Å². The van der Waals surface area contributed by atoms with E-state index in [1.807, 2.05) is 0 Å². The molecule has 51 heavy (non-hydrogen) atoms. The minimum atomic E-state index is -1.70. The summed E-state index contributed by atoms with van der Waals surface area (Å²) in [6.07, 6.45) is 12.7. The molecule has 0 bridgehead atoms. The van der Waals surface area contributed by atoms with Crippen LogP contribution in [0.2, 0.25) is 0 Å². The monoisotopic (exact) mass is 734 g/mol. The molecule has 1 saturated heterocycles. The van der Waals surface area contributed by atoms with Gasteiger partial charge in [0.2, 0.25) is 5.91 Å². The van der Waals surface area contributed by atoms with Crippen molar-refractivity contribution in [1.82, 2.24) is 5.32 Å². The van der Waals surface area contributed by atoms with Crippen LogP contribution in [0.25, 0.3) is 0 Å². The van der Waals surface area contributed by atoms with Crippen molar-refractivity contribution < 1.29 is 55.1 Å². The summed E-state index contributed by atoms with van der Waals surface area (Å²) in [6, 6.07) is -1.29. The van der Waals surface area contributed by atoms with Gasteiger partial charge in [0.05, 0.1) is 31.5 Å². The van der Waals surface area contributed by atoms with E-state index in [2.05, 4.69) is 31.3 Å². The summed E-state index contributed by atoms with van der Waals surface area (Å²) in [5.74, 6) is -0.768. The number of hydrogen-bond donors (Lipinski definition) is 9. The number of nitrogens with one attached hydrogen (secondary N) is 1. The molecule has 9 N–H and O–H groups in total. The second kappa shape index (κ2) is 30.2. The molecule has 1 heterocycles. The molecule has 1 aliphatic rings. The third-order valence-corrected chi connectivity index (χ3v) is 9.87. The van der Waals surface area contributed by atoms with E-state index >= 15 is 0 Å². The quantitative estimate of drug-likeness (QED) is 0.0358. The Balaban J connectivity index is 2.61. The summed E-state index contributed by atoms with van der Waals surface area (Å²) in [6.45, 7) is 3.20. The predicted molar refractivity (Wildman–Crippen MR) is 198 cm³/mol. The maximum atomic E-state index is 13.0. The number of hydrogen-bond acceptors (Lipinski definition) is 11. The molecular formula is C39H75NO11. The molecule has 12 heteroatoms. The lowest BCUT2D eigenvalue weighted by molar-refractivity contribution is -0.303. The number of carbonyl (C=O) groups excluding carboxylic acids is 1. The van der Waals surface area contributed by atoms with Crippen LogP contribution in [0.1, 0.15) is 155 Å². The highest BCUT2D eigenvalue weighted by Gasteiger charge is 2.44. The summed E-state index contributed by atoms with van der Waals surface area (Å²) < 4.78 is 11.0.